The number of carbonyl (C=O) groups excluding carboxylic acids is 2. The Hall–Kier alpha value is -3.95. The van der Waals surface area contributed by atoms with E-state index in [9.17, 15) is 14.7 Å². The predicted molar refractivity (Wildman–Crippen MR) is 165 cm³/mol. The average molecular weight is 583 g/mol. The standard InChI is InChI=1S/C34H34N2O5S/c1-22-31(21-42-30-18-16-28(17-19-30)35-23(2)38)40-34(41-32(22)25-10-8-24(20-37)9-11-25)27-12-14-29(15-13-27)36-33(39)26-6-4-3-5-7-26/h3-19,22,31-32,34,37H,20-21H2,1-2H3,(H,35,38)(H,36,39). The van der Waals surface area contributed by atoms with Gasteiger partial charge in [0.25, 0.3) is 5.91 Å². The number of aliphatic hydroxyl groups is 1. The van der Waals surface area contributed by atoms with E-state index in [-0.39, 0.29) is 36.5 Å². The van der Waals surface area contributed by atoms with Gasteiger partial charge in [0, 0.05) is 46.0 Å². The van der Waals surface area contributed by atoms with Gasteiger partial charge in [-0.2, -0.15) is 0 Å². The highest BCUT2D eigenvalue weighted by atomic mass is 32.2. The summed E-state index contributed by atoms with van der Waals surface area (Å²) in [7, 11) is 0. The zero-order chi connectivity index (χ0) is 29.5. The molecule has 1 fully saturated rings. The fourth-order valence-corrected chi connectivity index (χ4v) is 5.91. The summed E-state index contributed by atoms with van der Waals surface area (Å²) in [6, 6.07) is 32.2. The Labute approximate surface area is 250 Å². The molecule has 216 valence electrons. The van der Waals surface area contributed by atoms with Crippen molar-refractivity contribution in [1.82, 2.24) is 0 Å². The molecular formula is C34H34N2O5S. The molecular weight excluding hydrogens is 548 g/mol. The van der Waals surface area contributed by atoms with Crippen molar-refractivity contribution in [3.63, 3.8) is 0 Å². The van der Waals surface area contributed by atoms with Crippen LogP contribution in [-0.2, 0) is 20.9 Å². The number of anilines is 2. The molecule has 4 unspecified atom stereocenters. The van der Waals surface area contributed by atoms with Crippen molar-refractivity contribution in [2.45, 2.75) is 43.8 Å². The average Bonchev–Trinajstić information content (AvgIpc) is 3.02. The maximum atomic E-state index is 12.6. The molecule has 1 aliphatic rings. The van der Waals surface area contributed by atoms with E-state index < -0.39 is 6.29 Å². The normalized spacial score (nSPS) is 20.1. The molecule has 0 bridgehead atoms. The minimum atomic E-state index is -0.602. The highest BCUT2D eigenvalue weighted by Crippen LogP contribution is 2.43. The molecule has 0 aromatic heterocycles. The van der Waals surface area contributed by atoms with E-state index in [1.807, 2.05) is 91.0 Å². The number of amides is 2. The molecule has 1 aliphatic heterocycles. The third-order valence-corrected chi connectivity index (χ3v) is 8.29. The fourth-order valence-electron chi connectivity index (χ4n) is 4.84. The van der Waals surface area contributed by atoms with Crippen LogP contribution in [0.15, 0.2) is 108 Å². The maximum absolute atomic E-state index is 12.6. The smallest absolute Gasteiger partial charge is 0.255 e. The van der Waals surface area contributed by atoms with Crippen molar-refractivity contribution in [3.8, 4) is 0 Å². The van der Waals surface area contributed by atoms with Crippen molar-refractivity contribution in [3.05, 3.63) is 125 Å². The Morgan fingerprint density at radius 2 is 1.40 bits per heavy atom. The zero-order valence-corrected chi connectivity index (χ0v) is 24.3. The first-order valence-electron chi connectivity index (χ1n) is 13.9. The van der Waals surface area contributed by atoms with E-state index in [1.54, 1.807) is 23.9 Å². The lowest BCUT2D eigenvalue weighted by Crippen LogP contribution is -2.38. The highest BCUT2D eigenvalue weighted by Gasteiger charge is 2.38. The van der Waals surface area contributed by atoms with Crippen LogP contribution in [0.4, 0.5) is 11.4 Å². The minimum Gasteiger partial charge on any atom is -0.392 e. The lowest BCUT2D eigenvalue weighted by molar-refractivity contribution is -0.268. The van der Waals surface area contributed by atoms with E-state index in [2.05, 4.69) is 17.6 Å². The van der Waals surface area contributed by atoms with Crippen LogP contribution in [0.25, 0.3) is 0 Å². The highest BCUT2D eigenvalue weighted by molar-refractivity contribution is 7.99. The van der Waals surface area contributed by atoms with E-state index in [0.717, 1.165) is 27.3 Å². The van der Waals surface area contributed by atoms with Gasteiger partial charge >= 0.3 is 0 Å². The summed E-state index contributed by atoms with van der Waals surface area (Å²) < 4.78 is 13.1. The molecule has 4 aromatic rings. The number of hydrogen-bond acceptors (Lipinski definition) is 6. The first-order valence-corrected chi connectivity index (χ1v) is 14.9. The van der Waals surface area contributed by atoms with Gasteiger partial charge in [0.1, 0.15) is 0 Å². The van der Waals surface area contributed by atoms with E-state index >= 15 is 0 Å². The van der Waals surface area contributed by atoms with Gasteiger partial charge in [-0.05, 0) is 59.7 Å². The van der Waals surface area contributed by atoms with Crippen LogP contribution >= 0.6 is 11.8 Å². The third-order valence-electron chi connectivity index (χ3n) is 7.19. The molecule has 4 aromatic carbocycles. The number of ether oxygens (including phenoxy) is 2. The van der Waals surface area contributed by atoms with Crippen LogP contribution in [0, 0.1) is 5.92 Å². The maximum Gasteiger partial charge on any atom is 0.255 e. The van der Waals surface area contributed by atoms with E-state index in [1.165, 1.54) is 6.92 Å². The summed E-state index contributed by atoms with van der Waals surface area (Å²) in [4.78, 5) is 25.0. The summed E-state index contributed by atoms with van der Waals surface area (Å²) in [5, 5.41) is 15.2. The molecule has 5 rings (SSSR count). The lowest BCUT2D eigenvalue weighted by Gasteiger charge is -2.41. The Bertz CT molecular complexity index is 1480. The topological polar surface area (TPSA) is 96.9 Å². The van der Waals surface area contributed by atoms with Crippen LogP contribution in [0.5, 0.6) is 0 Å². The summed E-state index contributed by atoms with van der Waals surface area (Å²) in [5.74, 6) is 0.486. The SMILES string of the molecule is CC(=O)Nc1ccc(SCC2OC(c3ccc(NC(=O)c4ccccc4)cc3)OC(c3ccc(CO)cc3)C2C)cc1. The van der Waals surface area contributed by atoms with Gasteiger partial charge in [0.15, 0.2) is 6.29 Å². The predicted octanol–water partition coefficient (Wildman–Crippen LogP) is 6.97. The van der Waals surface area contributed by atoms with Crippen LogP contribution in [0.1, 0.15) is 53.3 Å². The molecule has 0 aliphatic carbocycles. The van der Waals surface area contributed by atoms with Gasteiger partial charge in [-0.1, -0.05) is 61.5 Å². The lowest BCUT2D eigenvalue weighted by atomic mass is 9.91. The second-order valence-corrected chi connectivity index (χ2v) is 11.4. The fraction of sp³-hybridized carbons (Fsp3) is 0.235. The van der Waals surface area contributed by atoms with Crippen LogP contribution in [0.2, 0.25) is 0 Å². The van der Waals surface area contributed by atoms with Crippen LogP contribution < -0.4 is 10.6 Å². The molecule has 2 amide bonds. The molecule has 0 saturated carbocycles. The third kappa shape index (κ3) is 7.46. The first-order chi connectivity index (χ1) is 20.4. The van der Waals surface area contributed by atoms with Crippen LogP contribution in [-0.4, -0.2) is 28.8 Å². The summed E-state index contributed by atoms with van der Waals surface area (Å²) in [6.07, 6.45) is -0.944. The first kappa shape index (κ1) is 29.5. The van der Waals surface area contributed by atoms with Crippen molar-refractivity contribution in [1.29, 1.82) is 0 Å². The van der Waals surface area contributed by atoms with Crippen molar-refractivity contribution in [2.75, 3.05) is 16.4 Å². The quantitative estimate of drug-likeness (QED) is 0.184. The van der Waals surface area contributed by atoms with Gasteiger partial charge < -0.3 is 25.2 Å². The number of thioether (sulfide) groups is 1. The Balaban J connectivity index is 1.32. The molecule has 1 heterocycles. The van der Waals surface area contributed by atoms with E-state index in [4.69, 9.17) is 9.47 Å². The number of hydrogen-bond donors (Lipinski definition) is 3. The number of carbonyl (C=O) groups is 2. The Morgan fingerprint density at radius 3 is 2.05 bits per heavy atom. The number of rotatable bonds is 9. The number of benzene rings is 4. The Morgan fingerprint density at radius 1 is 0.786 bits per heavy atom. The number of nitrogens with one attached hydrogen (secondary N) is 2. The van der Waals surface area contributed by atoms with Gasteiger partial charge in [-0.15, -0.1) is 11.8 Å². The molecule has 4 atom stereocenters. The molecule has 8 heteroatoms. The molecule has 1 saturated heterocycles. The second kappa shape index (κ2) is 13.8. The molecule has 0 radical (unpaired) electrons. The molecule has 7 nitrogen and oxygen atoms in total. The van der Waals surface area contributed by atoms with Crippen molar-refractivity contribution in [2.24, 2.45) is 5.92 Å². The summed E-state index contributed by atoms with van der Waals surface area (Å²) in [5.41, 5.74) is 4.76. The van der Waals surface area contributed by atoms with Gasteiger partial charge in [0.2, 0.25) is 5.91 Å². The largest absolute Gasteiger partial charge is 0.392 e. The molecule has 0 spiro atoms. The van der Waals surface area contributed by atoms with Crippen molar-refractivity contribution >= 4 is 35.0 Å². The number of aliphatic hydroxyl groups excluding tert-OH is 1. The van der Waals surface area contributed by atoms with Gasteiger partial charge in [-0.3, -0.25) is 9.59 Å². The summed E-state index contributed by atoms with van der Waals surface area (Å²) in [6.45, 7) is 3.61. The summed E-state index contributed by atoms with van der Waals surface area (Å²) >= 11 is 1.69. The van der Waals surface area contributed by atoms with Crippen molar-refractivity contribution < 1.29 is 24.2 Å². The molecule has 3 N–H and O–H groups in total. The zero-order valence-electron chi connectivity index (χ0n) is 23.5. The van der Waals surface area contributed by atoms with Gasteiger partial charge in [0.05, 0.1) is 18.8 Å². The Kier molecular flexibility index (Phi) is 9.71. The van der Waals surface area contributed by atoms with Gasteiger partial charge in [-0.25, -0.2) is 0 Å². The minimum absolute atomic E-state index is 0.0136. The van der Waals surface area contributed by atoms with Crippen LogP contribution in [0.3, 0.4) is 0 Å². The second-order valence-electron chi connectivity index (χ2n) is 10.3. The monoisotopic (exact) mass is 582 g/mol. The molecule has 42 heavy (non-hydrogen) atoms. The van der Waals surface area contributed by atoms with E-state index in [0.29, 0.717) is 17.0 Å².